The van der Waals surface area contributed by atoms with Crippen molar-refractivity contribution in [2.24, 2.45) is 0 Å². The Kier molecular flexibility index (Phi) is 3.91. The van der Waals surface area contributed by atoms with Gasteiger partial charge in [-0.2, -0.15) is 0 Å². The van der Waals surface area contributed by atoms with Gasteiger partial charge < -0.3 is 5.73 Å². The number of halogens is 1. The minimum Gasteiger partial charge on any atom is -0.399 e. The number of nitrogens with two attached hydrogens (primary N) is 1. The van der Waals surface area contributed by atoms with Crippen LogP contribution in [0.2, 0.25) is 0 Å². The first-order chi connectivity index (χ1) is 8.61. The summed E-state index contributed by atoms with van der Waals surface area (Å²) in [6.07, 6.45) is 4.60. The Hall–Kier alpha value is -1.49. The van der Waals surface area contributed by atoms with E-state index in [2.05, 4.69) is 22.9 Å². The second kappa shape index (κ2) is 5.44. The van der Waals surface area contributed by atoms with Crippen LogP contribution in [0.4, 0.5) is 5.69 Å². The summed E-state index contributed by atoms with van der Waals surface area (Å²) in [7, 11) is 0. The topological polar surface area (TPSA) is 52.9 Å². The number of aromatic nitrogens is 2. The number of anilines is 1. The lowest BCUT2D eigenvalue weighted by atomic mass is 10.2. The SMILES string of the molecule is CCCn1ccn(Cc2ccc(N)cc2Br)c1=O. The standard InChI is InChI=1S/C13H16BrN3O/c1-2-5-16-6-7-17(13(16)18)9-10-3-4-11(15)8-12(10)14/h3-4,6-8H,2,5,9,15H2,1H3. The van der Waals surface area contributed by atoms with E-state index in [0.717, 1.165) is 23.0 Å². The quantitative estimate of drug-likeness (QED) is 0.882. The number of hydrogen-bond acceptors (Lipinski definition) is 2. The Labute approximate surface area is 114 Å². The fraction of sp³-hybridized carbons (Fsp3) is 0.308. The molecule has 0 unspecified atom stereocenters. The van der Waals surface area contributed by atoms with Crippen molar-refractivity contribution in [2.75, 3.05) is 5.73 Å². The minimum absolute atomic E-state index is 0.0283. The molecule has 1 aromatic heterocycles. The van der Waals surface area contributed by atoms with E-state index in [1.165, 1.54) is 0 Å². The highest BCUT2D eigenvalue weighted by Gasteiger charge is 2.06. The Bertz CT molecular complexity index is 601. The third-order valence-electron chi connectivity index (χ3n) is 2.80. The van der Waals surface area contributed by atoms with Crippen molar-refractivity contribution in [3.8, 4) is 0 Å². The molecular formula is C13H16BrN3O. The van der Waals surface area contributed by atoms with Crippen molar-refractivity contribution in [2.45, 2.75) is 26.4 Å². The van der Waals surface area contributed by atoms with Crippen molar-refractivity contribution in [3.63, 3.8) is 0 Å². The molecule has 0 aliphatic carbocycles. The maximum Gasteiger partial charge on any atom is 0.328 e. The first-order valence-electron chi connectivity index (χ1n) is 5.91. The molecular weight excluding hydrogens is 294 g/mol. The predicted molar refractivity (Wildman–Crippen MR) is 76.6 cm³/mol. The molecule has 96 valence electrons. The third kappa shape index (κ3) is 2.67. The molecule has 2 aromatic rings. The number of benzene rings is 1. The van der Waals surface area contributed by atoms with Crippen molar-refractivity contribution in [1.29, 1.82) is 0 Å². The third-order valence-corrected chi connectivity index (χ3v) is 3.54. The zero-order valence-electron chi connectivity index (χ0n) is 10.3. The number of nitrogen functional groups attached to an aromatic ring is 1. The molecule has 5 heteroatoms. The highest BCUT2D eigenvalue weighted by atomic mass is 79.9. The molecule has 0 aliphatic rings. The van der Waals surface area contributed by atoms with Gasteiger partial charge in [-0.25, -0.2) is 4.79 Å². The molecule has 0 spiro atoms. The summed E-state index contributed by atoms with van der Waals surface area (Å²) in [4.78, 5) is 12.0. The van der Waals surface area contributed by atoms with E-state index in [1.54, 1.807) is 9.13 Å². The second-order valence-electron chi connectivity index (χ2n) is 4.25. The van der Waals surface area contributed by atoms with Crippen molar-refractivity contribution >= 4 is 21.6 Å². The largest absolute Gasteiger partial charge is 0.399 e. The number of hydrogen-bond donors (Lipinski definition) is 1. The lowest BCUT2D eigenvalue weighted by Gasteiger charge is -2.06. The Morgan fingerprint density at radius 2 is 2.00 bits per heavy atom. The average molecular weight is 310 g/mol. The molecule has 0 bridgehead atoms. The maximum atomic E-state index is 12.0. The van der Waals surface area contributed by atoms with Crippen LogP contribution < -0.4 is 11.4 Å². The highest BCUT2D eigenvalue weighted by molar-refractivity contribution is 9.10. The van der Waals surface area contributed by atoms with Crippen molar-refractivity contribution in [3.05, 3.63) is 51.1 Å². The van der Waals surface area contributed by atoms with Gasteiger partial charge in [-0.1, -0.05) is 28.9 Å². The van der Waals surface area contributed by atoms with Crippen LogP contribution in [0.3, 0.4) is 0 Å². The molecule has 18 heavy (non-hydrogen) atoms. The van der Waals surface area contributed by atoms with Gasteiger partial charge in [0, 0.05) is 29.1 Å². The Morgan fingerprint density at radius 3 is 2.67 bits per heavy atom. The first-order valence-corrected chi connectivity index (χ1v) is 6.70. The molecule has 2 N–H and O–H groups in total. The monoisotopic (exact) mass is 309 g/mol. The summed E-state index contributed by atoms with van der Waals surface area (Å²) in [6, 6.07) is 5.63. The number of rotatable bonds is 4. The van der Waals surface area contributed by atoms with Gasteiger partial charge in [-0.3, -0.25) is 9.13 Å². The smallest absolute Gasteiger partial charge is 0.328 e. The summed E-state index contributed by atoms with van der Waals surface area (Å²) in [5, 5.41) is 0. The van der Waals surface area contributed by atoms with Crippen LogP contribution in [0.5, 0.6) is 0 Å². The van der Waals surface area contributed by atoms with Crippen molar-refractivity contribution in [1.82, 2.24) is 9.13 Å². The number of nitrogens with zero attached hydrogens (tertiary/aromatic N) is 2. The first kappa shape index (κ1) is 13.0. The summed E-state index contributed by atoms with van der Waals surface area (Å²) in [5.74, 6) is 0. The minimum atomic E-state index is 0.0283. The molecule has 1 aromatic carbocycles. The van der Waals surface area contributed by atoms with Crippen LogP contribution >= 0.6 is 15.9 Å². The van der Waals surface area contributed by atoms with E-state index in [1.807, 2.05) is 30.6 Å². The van der Waals surface area contributed by atoms with Gasteiger partial charge in [-0.05, 0) is 24.1 Å². The van der Waals surface area contributed by atoms with Crippen LogP contribution in [0.25, 0.3) is 0 Å². The Morgan fingerprint density at radius 1 is 1.28 bits per heavy atom. The zero-order valence-corrected chi connectivity index (χ0v) is 11.9. The summed E-state index contributed by atoms with van der Waals surface area (Å²) >= 11 is 3.46. The summed E-state index contributed by atoms with van der Waals surface area (Å²) in [5.41, 5.74) is 7.47. The number of imidazole rings is 1. The molecule has 0 saturated carbocycles. The maximum absolute atomic E-state index is 12.0. The molecule has 0 atom stereocenters. The second-order valence-corrected chi connectivity index (χ2v) is 5.11. The molecule has 0 amide bonds. The van der Waals surface area contributed by atoms with Crippen molar-refractivity contribution < 1.29 is 0 Å². The molecule has 4 nitrogen and oxygen atoms in total. The van der Waals surface area contributed by atoms with Crippen LogP contribution in [-0.2, 0) is 13.1 Å². The van der Waals surface area contributed by atoms with E-state index in [4.69, 9.17) is 5.73 Å². The van der Waals surface area contributed by atoms with Gasteiger partial charge in [0.2, 0.25) is 0 Å². The normalized spacial score (nSPS) is 10.8. The van der Waals surface area contributed by atoms with Gasteiger partial charge in [-0.15, -0.1) is 0 Å². The summed E-state index contributed by atoms with van der Waals surface area (Å²) < 4.78 is 4.36. The zero-order chi connectivity index (χ0) is 13.1. The van der Waals surface area contributed by atoms with Crippen LogP contribution in [-0.4, -0.2) is 9.13 Å². The molecule has 0 radical (unpaired) electrons. The van der Waals surface area contributed by atoms with E-state index < -0.39 is 0 Å². The van der Waals surface area contributed by atoms with E-state index >= 15 is 0 Å². The lowest BCUT2D eigenvalue weighted by Crippen LogP contribution is -2.24. The van der Waals surface area contributed by atoms with Gasteiger partial charge >= 0.3 is 5.69 Å². The van der Waals surface area contributed by atoms with E-state index in [-0.39, 0.29) is 5.69 Å². The summed E-state index contributed by atoms with van der Waals surface area (Å²) in [6.45, 7) is 3.37. The lowest BCUT2D eigenvalue weighted by molar-refractivity contribution is 0.624. The highest BCUT2D eigenvalue weighted by Crippen LogP contribution is 2.20. The van der Waals surface area contributed by atoms with Gasteiger partial charge in [0.05, 0.1) is 6.54 Å². The number of aryl methyl sites for hydroxylation is 1. The van der Waals surface area contributed by atoms with E-state index in [9.17, 15) is 4.79 Å². The van der Waals surface area contributed by atoms with E-state index in [0.29, 0.717) is 12.2 Å². The molecule has 2 rings (SSSR count). The van der Waals surface area contributed by atoms with Gasteiger partial charge in [0.15, 0.2) is 0 Å². The van der Waals surface area contributed by atoms with Crippen LogP contribution in [0, 0.1) is 0 Å². The van der Waals surface area contributed by atoms with Crippen LogP contribution in [0.1, 0.15) is 18.9 Å². The molecule has 0 saturated heterocycles. The fourth-order valence-electron chi connectivity index (χ4n) is 1.86. The molecule has 0 aliphatic heterocycles. The van der Waals surface area contributed by atoms with Gasteiger partial charge in [0.25, 0.3) is 0 Å². The van der Waals surface area contributed by atoms with Crippen LogP contribution in [0.15, 0.2) is 39.9 Å². The predicted octanol–water partition coefficient (Wildman–Crippen LogP) is 2.45. The Balaban J connectivity index is 2.26. The fourth-order valence-corrected chi connectivity index (χ4v) is 2.38. The average Bonchev–Trinajstić information content (AvgIpc) is 2.66. The van der Waals surface area contributed by atoms with Gasteiger partial charge in [0.1, 0.15) is 0 Å². The molecule has 1 heterocycles. The molecule has 0 fully saturated rings.